The van der Waals surface area contributed by atoms with Crippen molar-refractivity contribution in [3.63, 3.8) is 0 Å². The van der Waals surface area contributed by atoms with Gasteiger partial charge in [0.15, 0.2) is 5.69 Å². The first kappa shape index (κ1) is 23.7. The SMILES string of the molecule is CS(=O)(=O)NCC(C=Nn1cc(C(=O)NCc2cccc(OC(F)(F)F)c2)nn1)=NN. The van der Waals surface area contributed by atoms with Gasteiger partial charge in [-0.1, -0.05) is 12.1 Å². The van der Waals surface area contributed by atoms with Crippen LogP contribution in [0.2, 0.25) is 0 Å². The summed E-state index contributed by atoms with van der Waals surface area (Å²) in [5, 5.41) is 16.8. The highest BCUT2D eigenvalue weighted by Crippen LogP contribution is 2.23. The molecule has 0 radical (unpaired) electrons. The largest absolute Gasteiger partial charge is 0.573 e. The van der Waals surface area contributed by atoms with Crippen molar-refractivity contribution in [3.8, 4) is 5.75 Å². The molecule has 0 bridgehead atoms. The van der Waals surface area contributed by atoms with E-state index in [2.05, 4.69) is 35.3 Å². The summed E-state index contributed by atoms with van der Waals surface area (Å²) in [4.78, 5) is 13.1. The Balaban J connectivity index is 1.94. The van der Waals surface area contributed by atoms with Crippen molar-refractivity contribution < 1.29 is 31.1 Å². The summed E-state index contributed by atoms with van der Waals surface area (Å²) in [6.07, 6.45) is -1.59. The van der Waals surface area contributed by atoms with Crippen LogP contribution in [0, 0.1) is 0 Å². The molecule has 2 aromatic rings. The lowest BCUT2D eigenvalue weighted by atomic mass is 10.2. The van der Waals surface area contributed by atoms with Gasteiger partial charge in [0.25, 0.3) is 5.91 Å². The highest BCUT2D eigenvalue weighted by atomic mass is 32.2. The van der Waals surface area contributed by atoms with Crippen molar-refractivity contribution in [2.45, 2.75) is 12.9 Å². The second kappa shape index (κ2) is 9.98. The maximum atomic E-state index is 12.3. The molecule has 2 rings (SSSR count). The maximum absolute atomic E-state index is 12.3. The highest BCUT2D eigenvalue weighted by molar-refractivity contribution is 7.88. The molecule has 0 unspecified atom stereocenters. The Morgan fingerprint density at radius 2 is 2.13 bits per heavy atom. The molecule has 0 aliphatic rings. The number of benzene rings is 1. The first-order chi connectivity index (χ1) is 14.4. The Morgan fingerprint density at radius 3 is 2.77 bits per heavy atom. The number of aromatic nitrogens is 3. The number of amides is 1. The van der Waals surface area contributed by atoms with Crippen molar-refractivity contribution in [1.82, 2.24) is 25.1 Å². The number of carbonyl (C=O) groups is 1. The van der Waals surface area contributed by atoms with Crippen LogP contribution in [0.5, 0.6) is 5.75 Å². The van der Waals surface area contributed by atoms with Crippen LogP contribution in [-0.4, -0.2) is 60.5 Å². The van der Waals surface area contributed by atoms with Gasteiger partial charge in [0.05, 0.1) is 30.9 Å². The van der Waals surface area contributed by atoms with Crippen LogP contribution in [0.4, 0.5) is 13.2 Å². The molecule has 0 fully saturated rings. The molecular formula is C15H17F3N8O4S. The van der Waals surface area contributed by atoms with Crippen molar-refractivity contribution in [1.29, 1.82) is 0 Å². The summed E-state index contributed by atoms with van der Waals surface area (Å²) in [5.74, 6) is 4.07. The summed E-state index contributed by atoms with van der Waals surface area (Å²) in [6, 6.07) is 5.12. The average molecular weight is 462 g/mol. The molecule has 168 valence electrons. The zero-order valence-electron chi connectivity index (χ0n) is 15.9. The third-order valence-corrected chi connectivity index (χ3v) is 3.97. The number of halogens is 3. The normalized spacial score (nSPS) is 12.8. The van der Waals surface area contributed by atoms with Gasteiger partial charge >= 0.3 is 6.36 Å². The number of rotatable bonds is 9. The van der Waals surface area contributed by atoms with Gasteiger partial charge < -0.3 is 15.9 Å². The van der Waals surface area contributed by atoms with Crippen LogP contribution in [0.3, 0.4) is 0 Å². The number of hydrogen-bond acceptors (Lipinski definition) is 9. The molecule has 1 aromatic heterocycles. The number of hydrogen-bond donors (Lipinski definition) is 3. The molecule has 16 heteroatoms. The third kappa shape index (κ3) is 8.79. The molecule has 0 saturated heterocycles. The van der Waals surface area contributed by atoms with Crippen molar-refractivity contribution in [3.05, 3.63) is 41.7 Å². The molecule has 0 saturated carbocycles. The minimum Gasteiger partial charge on any atom is -0.406 e. The van der Waals surface area contributed by atoms with Crippen LogP contribution >= 0.6 is 0 Å². The lowest BCUT2D eigenvalue weighted by Gasteiger charge is -2.10. The summed E-state index contributed by atoms with van der Waals surface area (Å²) in [6.45, 7) is -0.302. The average Bonchev–Trinajstić information content (AvgIpc) is 3.13. The molecule has 1 aromatic carbocycles. The van der Waals surface area contributed by atoms with E-state index in [0.717, 1.165) is 35.6 Å². The van der Waals surface area contributed by atoms with Crippen molar-refractivity contribution >= 4 is 27.9 Å². The minimum absolute atomic E-state index is 0.0767. The number of nitrogens with two attached hydrogens (primary N) is 1. The molecule has 0 spiro atoms. The Kier molecular flexibility index (Phi) is 7.65. The smallest absolute Gasteiger partial charge is 0.406 e. The third-order valence-electron chi connectivity index (χ3n) is 3.31. The second-order valence-corrected chi connectivity index (χ2v) is 7.69. The van der Waals surface area contributed by atoms with E-state index in [4.69, 9.17) is 5.84 Å². The van der Waals surface area contributed by atoms with Crippen LogP contribution in [0.15, 0.2) is 40.7 Å². The first-order valence-corrected chi connectivity index (χ1v) is 10.2. The van der Waals surface area contributed by atoms with E-state index in [1.54, 1.807) is 0 Å². The van der Waals surface area contributed by atoms with Gasteiger partial charge in [-0.15, -0.1) is 23.1 Å². The van der Waals surface area contributed by atoms with Gasteiger partial charge in [-0.25, -0.2) is 13.1 Å². The zero-order valence-corrected chi connectivity index (χ0v) is 16.7. The van der Waals surface area contributed by atoms with Gasteiger partial charge in [-0.2, -0.15) is 10.2 Å². The number of carbonyl (C=O) groups excluding carboxylic acids is 1. The fourth-order valence-corrected chi connectivity index (χ4v) is 2.41. The topological polar surface area (TPSA) is 166 Å². The Bertz CT molecular complexity index is 1080. The Labute approximate surface area is 174 Å². The van der Waals surface area contributed by atoms with Gasteiger partial charge in [-0.3, -0.25) is 4.79 Å². The molecule has 1 amide bonds. The summed E-state index contributed by atoms with van der Waals surface area (Å²) in [5.41, 5.74) is 0.316. The van der Waals surface area contributed by atoms with Crippen molar-refractivity contribution in [2.75, 3.05) is 12.8 Å². The van der Waals surface area contributed by atoms with Crippen LogP contribution in [0.25, 0.3) is 0 Å². The number of alkyl halides is 3. The van der Waals surface area contributed by atoms with E-state index in [0.29, 0.717) is 5.56 Å². The molecule has 31 heavy (non-hydrogen) atoms. The predicted molar refractivity (Wildman–Crippen MR) is 103 cm³/mol. The fraction of sp³-hybridized carbons (Fsp3) is 0.267. The molecule has 0 aliphatic carbocycles. The molecular weight excluding hydrogens is 445 g/mol. The van der Waals surface area contributed by atoms with Crippen LogP contribution in [0.1, 0.15) is 16.1 Å². The fourth-order valence-electron chi connectivity index (χ4n) is 2.00. The zero-order chi connectivity index (χ0) is 23.1. The lowest BCUT2D eigenvalue weighted by molar-refractivity contribution is -0.274. The van der Waals surface area contributed by atoms with Crippen LogP contribution < -0.4 is 20.6 Å². The predicted octanol–water partition coefficient (Wildman–Crippen LogP) is -0.195. The molecule has 0 aliphatic heterocycles. The minimum atomic E-state index is -4.82. The molecule has 4 N–H and O–H groups in total. The first-order valence-electron chi connectivity index (χ1n) is 8.26. The Hall–Kier alpha value is -3.53. The van der Waals surface area contributed by atoms with E-state index in [9.17, 15) is 26.4 Å². The van der Waals surface area contributed by atoms with E-state index in [-0.39, 0.29) is 24.5 Å². The summed E-state index contributed by atoms with van der Waals surface area (Å²) >= 11 is 0. The number of sulfonamides is 1. The monoisotopic (exact) mass is 462 g/mol. The lowest BCUT2D eigenvalue weighted by Crippen LogP contribution is -2.30. The quantitative estimate of drug-likeness (QED) is 0.264. The van der Waals surface area contributed by atoms with Gasteiger partial charge in [-0.05, 0) is 22.9 Å². The molecule has 1 heterocycles. The van der Waals surface area contributed by atoms with Gasteiger partial charge in [0, 0.05) is 6.54 Å². The number of ether oxygens (including phenoxy) is 1. The standard InChI is InChI=1S/C15H17F3N8O4S/c1-31(28,29)22-8-11(23-19)7-21-26-9-13(24-25-26)14(27)20-6-10-3-2-4-12(5-10)30-15(16,17)18/h2-5,7,9,22H,6,8,19H2,1H3,(H,20,27). The molecule has 0 atom stereocenters. The van der Waals surface area contributed by atoms with Crippen LogP contribution in [-0.2, 0) is 16.6 Å². The van der Waals surface area contributed by atoms with Crippen molar-refractivity contribution in [2.24, 2.45) is 16.0 Å². The Morgan fingerprint density at radius 1 is 1.39 bits per heavy atom. The van der Waals surface area contributed by atoms with E-state index < -0.39 is 28.0 Å². The summed E-state index contributed by atoms with van der Waals surface area (Å²) < 4.78 is 65.0. The highest BCUT2D eigenvalue weighted by Gasteiger charge is 2.31. The maximum Gasteiger partial charge on any atom is 0.573 e. The van der Waals surface area contributed by atoms with E-state index in [1.807, 2.05) is 0 Å². The van der Waals surface area contributed by atoms with E-state index >= 15 is 0 Å². The number of hydrazone groups is 1. The summed E-state index contributed by atoms with van der Waals surface area (Å²) in [7, 11) is -3.46. The van der Waals surface area contributed by atoms with Gasteiger partial charge in [0.1, 0.15) is 5.75 Å². The van der Waals surface area contributed by atoms with E-state index in [1.165, 1.54) is 12.1 Å². The molecule has 12 nitrogen and oxygen atoms in total. The van der Waals surface area contributed by atoms with Gasteiger partial charge in [0.2, 0.25) is 10.0 Å². The second-order valence-electron chi connectivity index (χ2n) is 5.86. The number of nitrogens with one attached hydrogen (secondary N) is 2. The number of nitrogens with zero attached hydrogens (tertiary/aromatic N) is 5.